The lowest BCUT2D eigenvalue weighted by Crippen LogP contribution is -2.26. The van der Waals surface area contributed by atoms with Crippen molar-refractivity contribution in [3.63, 3.8) is 0 Å². The van der Waals surface area contributed by atoms with Crippen molar-refractivity contribution in [1.82, 2.24) is 5.32 Å². The van der Waals surface area contributed by atoms with E-state index in [1.165, 1.54) is 44.9 Å². The van der Waals surface area contributed by atoms with Gasteiger partial charge in [0.2, 0.25) is 0 Å². The Hall–Kier alpha value is -1.47. The summed E-state index contributed by atoms with van der Waals surface area (Å²) < 4.78 is 44.9. The van der Waals surface area contributed by atoms with Crippen LogP contribution in [0, 0.1) is 5.82 Å². The minimum Gasteiger partial charge on any atom is -0.352 e. The fourth-order valence-electron chi connectivity index (χ4n) is 2.81. The van der Waals surface area contributed by atoms with E-state index in [-0.39, 0.29) is 5.56 Å². The number of hydrogen-bond donors (Lipinski definition) is 2. The molecule has 0 aromatic heterocycles. The molecule has 26 heavy (non-hydrogen) atoms. The molecule has 0 unspecified atom stereocenters. The zero-order valence-corrected chi connectivity index (χ0v) is 16.3. The van der Waals surface area contributed by atoms with E-state index in [4.69, 9.17) is 4.55 Å². The number of carbonyl (C=O) groups is 1. The van der Waals surface area contributed by atoms with Gasteiger partial charge in [0.15, 0.2) is 0 Å². The molecule has 0 fully saturated rings. The van der Waals surface area contributed by atoms with Gasteiger partial charge in [-0.05, 0) is 24.6 Å². The molecular weight excluding hydrogens is 357 g/mol. The maximum Gasteiger partial charge on any atom is 0.295 e. The van der Waals surface area contributed by atoms with Crippen molar-refractivity contribution in [2.45, 2.75) is 76.0 Å². The molecule has 1 rings (SSSR count). The first kappa shape index (κ1) is 22.6. The third-order valence-electron chi connectivity index (χ3n) is 4.28. The summed E-state index contributed by atoms with van der Waals surface area (Å²) in [5.74, 6) is -1.46. The molecule has 0 spiro atoms. The Labute approximate surface area is 156 Å². The van der Waals surface area contributed by atoms with E-state index in [2.05, 4.69) is 12.2 Å². The number of hydrogen-bond acceptors (Lipinski definition) is 3. The third kappa shape index (κ3) is 8.76. The summed E-state index contributed by atoms with van der Waals surface area (Å²) in [7, 11) is -4.66. The van der Waals surface area contributed by atoms with Crippen LogP contribution in [0.5, 0.6) is 0 Å². The lowest BCUT2D eigenvalue weighted by molar-refractivity contribution is 0.0949. The third-order valence-corrected chi connectivity index (χ3v) is 5.18. The number of benzene rings is 1. The summed E-state index contributed by atoms with van der Waals surface area (Å²) in [6.45, 7) is 2.62. The number of amides is 1. The second-order valence-corrected chi connectivity index (χ2v) is 7.94. The molecule has 5 nitrogen and oxygen atoms in total. The number of carbonyl (C=O) groups excluding carboxylic acids is 1. The Morgan fingerprint density at radius 1 is 1.00 bits per heavy atom. The maximum atomic E-state index is 13.2. The highest BCUT2D eigenvalue weighted by Crippen LogP contribution is 2.17. The summed E-state index contributed by atoms with van der Waals surface area (Å²) in [5, 5.41) is 2.62. The standard InChI is InChI=1S/C19H30FNO4S/c1-2-3-4-5-6-7-8-9-10-11-14-21-19(22)17-13-12-16(20)15-18(17)26(23,24)25/h12-13,15H,2-11,14H2,1H3,(H,21,22)(H,23,24,25). The van der Waals surface area contributed by atoms with E-state index in [0.29, 0.717) is 12.6 Å². The van der Waals surface area contributed by atoms with Crippen molar-refractivity contribution in [2.75, 3.05) is 6.54 Å². The number of halogens is 1. The molecule has 148 valence electrons. The molecule has 0 aliphatic rings. The minimum atomic E-state index is -4.66. The molecule has 1 aromatic carbocycles. The topological polar surface area (TPSA) is 83.5 Å². The molecule has 0 bridgehead atoms. The molecule has 1 aromatic rings. The van der Waals surface area contributed by atoms with Crippen molar-refractivity contribution < 1.29 is 22.2 Å². The smallest absolute Gasteiger partial charge is 0.295 e. The second kappa shape index (κ2) is 12.0. The normalized spacial score (nSPS) is 11.5. The van der Waals surface area contributed by atoms with Crippen LogP contribution < -0.4 is 5.32 Å². The van der Waals surface area contributed by atoms with Crippen LogP contribution in [0.2, 0.25) is 0 Å². The number of unbranched alkanes of at least 4 members (excludes halogenated alkanes) is 9. The Bertz CT molecular complexity index is 662. The van der Waals surface area contributed by atoms with Crippen LogP contribution in [0.4, 0.5) is 4.39 Å². The van der Waals surface area contributed by atoms with Gasteiger partial charge in [0.05, 0.1) is 5.56 Å². The molecule has 0 saturated carbocycles. The van der Waals surface area contributed by atoms with Gasteiger partial charge in [0.25, 0.3) is 16.0 Å². The SMILES string of the molecule is CCCCCCCCCCCCNC(=O)c1ccc(F)cc1S(=O)(=O)O. The predicted octanol–water partition coefficient (Wildman–Crippen LogP) is 4.72. The van der Waals surface area contributed by atoms with Gasteiger partial charge in [-0.25, -0.2) is 4.39 Å². The zero-order chi connectivity index (χ0) is 19.4. The van der Waals surface area contributed by atoms with Gasteiger partial charge in [-0.1, -0.05) is 64.7 Å². The average molecular weight is 388 g/mol. The first-order chi connectivity index (χ1) is 12.4. The summed E-state index contributed by atoms with van der Waals surface area (Å²) in [5.41, 5.74) is -0.249. The Kier molecular flexibility index (Phi) is 10.4. The van der Waals surface area contributed by atoms with Gasteiger partial charge >= 0.3 is 0 Å². The highest BCUT2D eigenvalue weighted by atomic mass is 32.2. The van der Waals surface area contributed by atoms with Crippen LogP contribution in [0.3, 0.4) is 0 Å². The lowest BCUT2D eigenvalue weighted by atomic mass is 10.1. The summed E-state index contributed by atoms with van der Waals surface area (Å²) in [6, 6.07) is 2.70. The van der Waals surface area contributed by atoms with E-state index in [1.807, 2.05) is 0 Å². The Balaban J connectivity index is 2.26. The predicted molar refractivity (Wildman–Crippen MR) is 100 cm³/mol. The van der Waals surface area contributed by atoms with Crippen molar-refractivity contribution >= 4 is 16.0 Å². The van der Waals surface area contributed by atoms with Crippen molar-refractivity contribution in [3.05, 3.63) is 29.6 Å². The number of nitrogens with one attached hydrogen (secondary N) is 1. The maximum absolute atomic E-state index is 13.2. The summed E-state index contributed by atoms with van der Waals surface area (Å²) in [6.07, 6.45) is 11.8. The lowest BCUT2D eigenvalue weighted by Gasteiger charge is -2.08. The van der Waals surface area contributed by atoms with Crippen LogP contribution in [-0.2, 0) is 10.1 Å². The molecule has 0 aliphatic heterocycles. The van der Waals surface area contributed by atoms with E-state index in [1.54, 1.807) is 0 Å². The fraction of sp³-hybridized carbons (Fsp3) is 0.632. The van der Waals surface area contributed by atoms with Crippen molar-refractivity contribution in [1.29, 1.82) is 0 Å². The first-order valence-electron chi connectivity index (χ1n) is 9.41. The van der Waals surface area contributed by atoms with Crippen LogP contribution in [-0.4, -0.2) is 25.4 Å². The van der Waals surface area contributed by atoms with E-state index < -0.39 is 26.7 Å². The summed E-state index contributed by atoms with van der Waals surface area (Å²) in [4.78, 5) is 11.4. The second-order valence-electron chi connectivity index (χ2n) is 6.55. The van der Waals surface area contributed by atoms with E-state index in [0.717, 1.165) is 31.4 Å². The monoisotopic (exact) mass is 387 g/mol. The first-order valence-corrected chi connectivity index (χ1v) is 10.9. The molecule has 0 saturated heterocycles. The highest BCUT2D eigenvalue weighted by Gasteiger charge is 2.21. The Morgan fingerprint density at radius 2 is 1.54 bits per heavy atom. The molecule has 7 heteroatoms. The van der Waals surface area contributed by atoms with Crippen LogP contribution >= 0.6 is 0 Å². The largest absolute Gasteiger partial charge is 0.352 e. The molecule has 0 atom stereocenters. The van der Waals surface area contributed by atoms with Gasteiger partial charge in [-0.3, -0.25) is 9.35 Å². The van der Waals surface area contributed by atoms with Crippen LogP contribution in [0.15, 0.2) is 23.1 Å². The van der Waals surface area contributed by atoms with Gasteiger partial charge in [0.1, 0.15) is 10.7 Å². The molecule has 1 amide bonds. The highest BCUT2D eigenvalue weighted by molar-refractivity contribution is 7.86. The van der Waals surface area contributed by atoms with Crippen LogP contribution in [0.1, 0.15) is 81.5 Å². The quantitative estimate of drug-likeness (QED) is 0.379. The van der Waals surface area contributed by atoms with Crippen molar-refractivity contribution in [2.24, 2.45) is 0 Å². The summed E-state index contributed by atoms with van der Waals surface area (Å²) >= 11 is 0. The van der Waals surface area contributed by atoms with Gasteiger partial charge in [0, 0.05) is 6.54 Å². The minimum absolute atomic E-state index is 0.249. The molecule has 0 radical (unpaired) electrons. The molecular formula is C19H30FNO4S. The van der Waals surface area contributed by atoms with Gasteiger partial charge in [-0.2, -0.15) is 8.42 Å². The molecule has 0 heterocycles. The van der Waals surface area contributed by atoms with E-state index >= 15 is 0 Å². The molecule has 2 N–H and O–H groups in total. The van der Waals surface area contributed by atoms with Crippen LogP contribution in [0.25, 0.3) is 0 Å². The Morgan fingerprint density at radius 3 is 2.08 bits per heavy atom. The zero-order valence-electron chi connectivity index (χ0n) is 15.5. The average Bonchev–Trinajstić information content (AvgIpc) is 2.58. The van der Waals surface area contributed by atoms with Gasteiger partial charge < -0.3 is 5.32 Å². The van der Waals surface area contributed by atoms with Gasteiger partial charge in [-0.15, -0.1) is 0 Å². The number of rotatable bonds is 13. The van der Waals surface area contributed by atoms with E-state index in [9.17, 15) is 17.6 Å². The molecule has 0 aliphatic carbocycles. The van der Waals surface area contributed by atoms with Crippen molar-refractivity contribution in [3.8, 4) is 0 Å². The fourth-order valence-corrected chi connectivity index (χ4v) is 3.51.